The van der Waals surface area contributed by atoms with Crippen molar-refractivity contribution in [1.29, 1.82) is 0 Å². The van der Waals surface area contributed by atoms with Gasteiger partial charge in [-0.15, -0.1) is 11.8 Å². The Morgan fingerprint density at radius 2 is 1.75 bits per heavy atom. The molecule has 1 aliphatic heterocycles. The highest BCUT2D eigenvalue weighted by Gasteiger charge is 2.35. The third kappa shape index (κ3) is 3.26. The van der Waals surface area contributed by atoms with E-state index >= 15 is 0 Å². The summed E-state index contributed by atoms with van der Waals surface area (Å²) in [6.45, 7) is -0.325. The Hall–Kier alpha value is -2.40. The summed E-state index contributed by atoms with van der Waals surface area (Å²) in [7, 11) is 0. The lowest BCUT2D eigenvalue weighted by atomic mass is 10.1. The van der Waals surface area contributed by atoms with Gasteiger partial charge in [0, 0.05) is 4.90 Å². The van der Waals surface area contributed by atoms with Crippen LogP contribution in [0.25, 0.3) is 0 Å². The van der Waals surface area contributed by atoms with Crippen molar-refractivity contribution in [2.24, 2.45) is 0 Å². The van der Waals surface area contributed by atoms with Crippen LogP contribution >= 0.6 is 11.8 Å². The first kappa shape index (κ1) is 16.5. The van der Waals surface area contributed by atoms with Crippen LogP contribution in [0.15, 0.2) is 65.3 Å². The average molecular weight is 341 g/mol. The summed E-state index contributed by atoms with van der Waals surface area (Å²) in [6, 6.07) is 14.4. The molecule has 2 amide bonds. The second kappa shape index (κ2) is 7.01. The number of amides is 2. The molecule has 24 heavy (non-hydrogen) atoms. The number of imide groups is 1. The van der Waals surface area contributed by atoms with Gasteiger partial charge in [-0.05, 0) is 48.6 Å². The zero-order valence-corrected chi connectivity index (χ0v) is 14.0. The summed E-state index contributed by atoms with van der Waals surface area (Å²) in [5.41, 5.74) is 1.66. The Bertz CT molecular complexity index is 797. The maximum Gasteiger partial charge on any atom is 0.261 e. The number of fused-ring (bicyclic) bond motifs is 1. The first-order valence-corrected chi connectivity index (χ1v) is 8.75. The number of allylic oxidation sites excluding steroid dienone is 1. The molecule has 0 unspecified atom stereocenters. The van der Waals surface area contributed by atoms with E-state index in [9.17, 15) is 14.0 Å². The quantitative estimate of drug-likeness (QED) is 0.607. The predicted octanol–water partition coefficient (Wildman–Crippen LogP) is 4.10. The van der Waals surface area contributed by atoms with Crippen molar-refractivity contribution in [3.8, 4) is 0 Å². The fraction of sp³-hybridized carbons (Fsp3) is 0.158. The molecule has 0 fully saturated rings. The Morgan fingerprint density at radius 1 is 1.08 bits per heavy atom. The second-order valence-electron chi connectivity index (χ2n) is 5.45. The van der Waals surface area contributed by atoms with E-state index < -0.39 is 17.6 Å². The Balaban J connectivity index is 1.70. The molecule has 0 N–H and O–H groups in total. The molecule has 0 aromatic heterocycles. The van der Waals surface area contributed by atoms with Gasteiger partial charge in [-0.3, -0.25) is 14.5 Å². The van der Waals surface area contributed by atoms with Gasteiger partial charge in [0.1, 0.15) is 5.83 Å². The van der Waals surface area contributed by atoms with Crippen molar-refractivity contribution >= 4 is 23.6 Å². The largest absolute Gasteiger partial charge is 0.269 e. The molecule has 0 atom stereocenters. The lowest BCUT2D eigenvalue weighted by Crippen LogP contribution is -2.31. The number of hydrogen-bond donors (Lipinski definition) is 0. The highest BCUT2D eigenvalue weighted by atomic mass is 32.2. The molecule has 2 aromatic carbocycles. The summed E-state index contributed by atoms with van der Waals surface area (Å²) in [5, 5.41) is 0. The van der Waals surface area contributed by atoms with E-state index in [1.54, 1.807) is 36.0 Å². The maximum absolute atomic E-state index is 14.2. The van der Waals surface area contributed by atoms with Gasteiger partial charge in [-0.2, -0.15) is 0 Å². The molecule has 0 spiro atoms. The fourth-order valence-electron chi connectivity index (χ4n) is 2.63. The molecule has 5 heteroatoms. The van der Waals surface area contributed by atoms with Crippen LogP contribution in [0.1, 0.15) is 26.3 Å². The van der Waals surface area contributed by atoms with Crippen molar-refractivity contribution in [2.45, 2.75) is 11.3 Å². The fourth-order valence-corrected chi connectivity index (χ4v) is 3.11. The van der Waals surface area contributed by atoms with Crippen molar-refractivity contribution in [1.82, 2.24) is 4.90 Å². The number of halogens is 1. The van der Waals surface area contributed by atoms with Crippen LogP contribution < -0.4 is 0 Å². The van der Waals surface area contributed by atoms with E-state index in [1.165, 1.54) is 6.08 Å². The molecule has 1 aliphatic rings. The van der Waals surface area contributed by atoms with Gasteiger partial charge in [0.25, 0.3) is 11.8 Å². The highest BCUT2D eigenvalue weighted by Crippen LogP contribution is 2.23. The molecule has 0 aliphatic carbocycles. The first-order valence-electron chi connectivity index (χ1n) is 7.53. The van der Waals surface area contributed by atoms with Gasteiger partial charge in [-0.25, -0.2) is 4.39 Å². The van der Waals surface area contributed by atoms with Gasteiger partial charge in [-0.1, -0.05) is 24.3 Å². The van der Waals surface area contributed by atoms with Crippen LogP contribution in [0.2, 0.25) is 0 Å². The van der Waals surface area contributed by atoms with Crippen LogP contribution in [0.5, 0.6) is 0 Å². The van der Waals surface area contributed by atoms with E-state index in [0.717, 1.165) is 15.4 Å². The molecule has 0 saturated carbocycles. The van der Waals surface area contributed by atoms with Gasteiger partial charge in [0.15, 0.2) is 0 Å². The Morgan fingerprint density at radius 3 is 2.38 bits per heavy atom. The number of rotatable bonds is 5. The van der Waals surface area contributed by atoms with Crippen molar-refractivity contribution < 1.29 is 14.0 Å². The summed E-state index contributed by atoms with van der Waals surface area (Å²) >= 11 is 1.62. The number of hydrogen-bond acceptors (Lipinski definition) is 3. The SMILES string of the molecule is CSc1cccc(CC=C(F)CN2C(=O)c3ccccc3C2=O)c1. The molecule has 0 radical (unpaired) electrons. The molecule has 122 valence electrons. The topological polar surface area (TPSA) is 37.4 Å². The highest BCUT2D eigenvalue weighted by molar-refractivity contribution is 7.98. The lowest BCUT2D eigenvalue weighted by molar-refractivity contribution is 0.0660. The standard InChI is InChI=1S/C19H16FNO2S/c1-24-15-6-4-5-13(11-15)9-10-14(20)12-21-18(22)16-7-2-3-8-17(16)19(21)23/h2-8,10-11H,9,12H2,1H3. The summed E-state index contributed by atoms with van der Waals surface area (Å²) in [4.78, 5) is 26.5. The molecule has 0 bridgehead atoms. The predicted molar refractivity (Wildman–Crippen MR) is 92.9 cm³/mol. The van der Waals surface area contributed by atoms with Gasteiger partial charge in [0.05, 0.1) is 17.7 Å². The molecule has 3 nitrogen and oxygen atoms in total. The van der Waals surface area contributed by atoms with Crippen LogP contribution in [0, 0.1) is 0 Å². The average Bonchev–Trinajstić information content (AvgIpc) is 2.85. The van der Waals surface area contributed by atoms with Gasteiger partial charge in [0.2, 0.25) is 0 Å². The van der Waals surface area contributed by atoms with Gasteiger partial charge >= 0.3 is 0 Å². The normalized spacial score (nSPS) is 14.2. The number of benzene rings is 2. The molecule has 1 heterocycles. The zero-order chi connectivity index (χ0) is 17.1. The molecular formula is C19H16FNO2S. The maximum atomic E-state index is 14.2. The van der Waals surface area contributed by atoms with E-state index in [0.29, 0.717) is 17.5 Å². The zero-order valence-electron chi connectivity index (χ0n) is 13.2. The number of carbonyl (C=O) groups excluding carboxylic acids is 2. The summed E-state index contributed by atoms with van der Waals surface area (Å²) < 4.78 is 14.2. The van der Waals surface area contributed by atoms with Crippen molar-refractivity contribution in [3.05, 3.63) is 77.1 Å². The summed E-state index contributed by atoms with van der Waals surface area (Å²) in [5.74, 6) is -1.37. The third-order valence-corrected chi connectivity index (χ3v) is 4.61. The van der Waals surface area contributed by atoms with E-state index in [1.807, 2.05) is 30.5 Å². The Kier molecular flexibility index (Phi) is 4.81. The number of nitrogens with zero attached hydrogens (tertiary/aromatic N) is 1. The summed E-state index contributed by atoms with van der Waals surface area (Å²) in [6.07, 6.45) is 3.82. The van der Waals surface area contributed by atoms with Crippen LogP contribution in [-0.2, 0) is 6.42 Å². The number of thioether (sulfide) groups is 1. The van der Waals surface area contributed by atoms with Gasteiger partial charge < -0.3 is 0 Å². The lowest BCUT2D eigenvalue weighted by Gasteiger charge is -2.12. The van der Waals surface area contributed by atoms with Crippen molar-refractivity contribution in [2.75, 3.05) is 12.8 Å². The minimum absolute atomic E-state index is 0.325. The second-order valence-corrected chi connectivity index (χ2v) is 6.33. The van der Waals surface area contributed by atoms with E-state index in [4.69, 9.17) is 0 Å². The van der Waals surface area contributed by atoms with Crippen molar-refractivity contribution in [3.63, 3.8) is 0 Å². The van der Waals surface area contributed by atoms with E-state index in [2.05, 4.69) is 0 Å². The molecule has 0 saturated heterocycles. The minimum Gasteiger partial charge on any atom is -0.269 e. The monoisotopic (exact) mass is 341 g/mol. The number of carbonyl (C=O) groups is 2. The molecular weight excluding hydrogens is 325 g/mol. The van der Waals surface area contributed by atoms with Crippen LogP contribution in [0.3, 0.4) is 0 Å². The molecule has 3 rings (SSSR count). The molecule has 2 aromatic rings. The van der Waals surface area contributed by atoms with Crippen LogP contribution in [0.4, 0.5) is 4.39 Å². The smallest absolute Gasteiger partial charge is 0.261 e. The van der Waals surface area contributed by atoms with Crippen LogP contribution in [-0.4, -0.2) is 29.5 Å². The third-order valence-electron chi connectivity index (χ3n) is 3.88. The minimum atomic E-state index is -0.487. The Labute approximate surface area is 144 Å². The van der Waals surface area contributed by atoms with E-state index in [-0.39, 0.29) is 6.54 Å². The first-order chi connectivity index (χ1) is 11.6.